The van der Waals surface area contributed by atoms with Gasteiger partial charge in [-0.05, 0) is 89.6 Å². The molecule has 0 aromatic heterocycles. The van der Waals surface area contributed by atoms with E-state index < -0.39 is 11.9 Å². The molecule has 3 N–H and O–H groups in total. The number of allylic oxidation sites excluding steroid dienone is 2. The van der Waals surface area contributed by atoms with Gasteiger partial charge in [-0.2, -0.15) is 0 Å². The first-order chi connectivity index (χ1) is 15.9. The Morgan fingerprint density at radius 1 is 1.15 bits per heavy atom. The van der Waals surface area contributed by atoms with E-state index in [4.69, 9.17) is 24.5 Å². The van der Waals surface area contributed by atoms with Crippen LogP contribution in [0, 0.1) is 5.41 Å². The maximum Gasteiger partial charge on any atom is 0.414 e. The maximum atomic E-state index is 9.10. The van der Waals surface area contributed by atoms with Gasteiger partial charge in [-0.3, -0.25) is 0 Å². The summed E-state index contributed by atoms with van der Waals surface area (Å²) >= 11 is 0. The van der Waals surface area contributed by atoms with Crippen molar-refractivity contribution in [2.45, 2.75) is 78.8 Å². The van der Waals surface area contributed by atoms with E-state index in [9.17, 15) is 0 Å². The predicted octanol–water partition coefficient (Wildman–Crippen LogP) is 4.96. The lowest BCUT2D eigenvalue weighted by Crippen LogP contribution is -2.27. The van der Waals surface area contributed by atoms with E-state index in [0.717, 1.165) is 31.9 Å². The molecule has 1 aromatic rings. The second-order valence-electron chi connectivity index (χ2n) is 10.1. The van der Waals surface area contributed by atoms with Gasteiger partial charge in [0.05, 0.1) is 6.61 Å². The molecule has 192 valence electrons. The SMILES string of the molecule is CC1=C(CCC(C)NCc2ccc(OCCCN(C)C)cc2)C(C)(C)CCC1.O=C(O)C(=O)O. The van der Waals surface area contributed by atoms with Crippen molar-refractivity contribution < 1.29 is 24.5 Å². The van der Waals surface area contributed by atoms with Crippen molar-refractivity contribution in [3.8, 4) is 5.75 Å². The molecular formula is C27H44N2O5. The van der Waals surface area contributed by atoms with Gasteiger partial charge in [0.2, 0.25) is 0 Å². The molecular weight excluding hydrogens is 432 g/mol. The van der Waals surface area contributed by atoms with Gasteiger partial charge in [0.15, 0.2) is 0 Å². The Bertz CT molecular complexity index is 788. The molecule has 7 heteroatoms. The van der Waals surface area contributed by atoms with Crippen molar-refractivity contribution in [1.82, 2.24) is 10.2 Å². The molecule has 0 aliphatic heterocycles. The number of rotatable bonds is 11. The van der Waals surface area contributed by atoms with E-state index in [1.165, 1.54) is 37.7 Å². The highest BCUT2D eigenvalue weighted by atomic mass is 16.5. The number of hydrogen-bond donors (Lipinski definition) is 3. The number of benzene rings is 1. The van der Waals surface area contributed by atoms with E-state index >= 15 is 0 Å². The van der Waals surface area contributed by atoms with Gasteiger partial charge in [-0.1, -0.05) is 37.1 Å². The first-order valence-electron chi connectivity index (χ1n) is 12.2. The molecule has 2 rings (SSSR count). The number of ether oxygens (including phenoxy) is 1. The second-order valence-corrected chi connectivity index (χ2v) is 10.1. The number of carbonyl (C=O) groups is 2. The van der Waals surface area contributed by atoms with Crippen molar-refractivity contribution in [3.63, 3.8) is 0 Å². The highest BCUT2D eigenvalue weighted by molar-refractivity contribution is 6.27. The lowest BCUT2D eigenvalue weighted by molar-refractivity contribution is -0.159. The van der Waals surface area contributed by atoms with Crippen LogP contribution in [0.3, 0.4) is 0 Å². The Morgan fingerprint density at radius 3 is 2.29 bits per heavy atom. The molecule has 0 radical (unpaired) electrons. The van der Waals surface area contributed by atoms with Gasteiger partial charge in [-0.15, -0.1) is 0 Å². The van der Waals surface area contributed by atoms with E-state index in [1.807, 2.05) is 0 Å². The van der Waals surface area contributed by atoms with E-state index in [1.54, 1.807) is 11.1 Å². The number of hydrogen-bond acceptors (Lipinski definition) is 5. The third kappa shape index (κ3) is 11.7. The summed E-state index contributed by atoms with van der Waals surface area (Å²) in [6.07, 6.45) is 7.48. The number of carboxylic acid groups (broad SMARTS) is 2. The van der Waals surface area contributed by atoms with Crippen LogP contribution in [-0.2, 0) is 16.1 Å². The Labute approximate surface area is 205 Å². The molecule has 0 saturated carbocycles. The van der Waals surface area contributed by atoms with Gasteiger partial charge in [0.1, 0.15) is 5.75 Å². The van der Waals surface area contributed by atoms with E-state index in [0.29, 0.717) is 11.5 Å². The van der Waals surface area contributed by atoms with E-state index in [-0.39, 0.29) is 0 Å². The molecule has 0 fully saturated rings. The summed E-state index contributed by atoms with van der Waals surface area (Å²) in [4.78, 5) is 20.4. The largest absolute Gasteiger partial charge is 0.494 e. The Kier molecular flexibility index (Phi) is 12.9. The second kappa shape index (κ2) is 14.8. The number of nitrogens with zero attached hydrogens (tertiary/aromatic N) is 1. The Balaban J connectivity index is 0.000000852. The molecule has 0 bridgehead atoms. The molecule has 1 aliphatic carbocycles. The zero-order valence-corrected chi connectivity index (χ0v) is 21.8. The van der Waals surface area contributed by atoms with Crippen LogP contribution in [0.4, 0.5) is 0 Å². The lowest BCUT2D eigenvalue weighted by atomic mass is 9.71. The normalized spacial score (nSPS) is 16.0. The average molecular weight is 477 g/mol. The molecule has 7 nitrogen and oxygen atoms in total. The van der Waals surface area contributed by atoms with Crippen LogP contribution < -0.4 is 10.1 Å². The minimum atomic E-state index is -1.82. The predicted molar refractivity (Wildman–Crippen MR) is 136 cm³/mol. The molecule has 0 heterocycles. The van der Waals surface area contributed by atoms with Crippen molar-refractivity contribution in [1.29, 1.82) is 0 Å². The fourth-order valence-corrected chi connectivity index (χ4v) is 4.26. The summed E-state index contributed by atoms with van der Waals surface area (Å²) in [6.45, 7) is 12.3. The fourth-order valence-electron chi connectivity index (χ4n) is 4.26. The molecule has 1 aromatic carbocycles. The fraction of sp³-hybridized carbons (Fsp3) is 0.630. The van der Waals surface area contributed by atoms with Crippen LogP contribution in [0.15, 0.2) is 35.4 Å². The summed E-state index contributed by atoms with van der Waals surface area (Å²) in [7, 11) is 4.19. The van der Waals surface area contributed by atoms with Crippen LogP contribution in [0.1, 0.15) is 71.8 Å². The van der Waals surface area contributed by atoms with Gasteiger partial charge in [0.25, 0.3) is 0 Å². The summed E-state index contributed by atoms with van der Waals surface area (Å²) in [5, 5.41) is 18.5. The van der Waals surface area contributed by atoms with Crippen molar-refractivity contribution in [2.75, 3.05) is 27.2 Å². The van der Waals surface area contributed by atoms with Gasteiger partial charge >= 0.3 is 11.9 Å². The summed E-state index contributed by atoms with van der Waals surface area (Å²) in [5.74, 6) is -2.68. The molecule has 1 atom stereocenters. The highest BCUT2D eigenvalue weighted by Crippen LogP contribution is 2.42. The minimum Gasteiger partial charge on any atom is -0.494 e. The Hall–Kier alpha value is -2.38. The third-order valence-corrected chi connectivity index (χ3v) is 6.29. The average Bonchev–Trinajstić information content (AvgIpc) is 2.75. The minimum absolute atomic E-state index is 0.393. The standard InChI is InChI=1S/C25H42N2O.C2H2O4/c1-20-9-7-16-25(3,4)24(20)15-10-21(2)26-19-22-11-13-23(14-12-22)28-18-8-17-27(5)6;3-1(4)2(5)6/h11-14,21,26H,7-10,15-19H2,1-6H3;(H,3,4)(H,5,6). The van der Waals surface area contributed by atoms with Crippen molar-refractivity contribution in [2.24, 2.45) is 5.41 Å². The highest BCUT2D eigenvalue weighted by Gasteiger charge is 2.28. The Morgan fingerprint density at radius 2 is 1.76 bits per heavy atom. The molecule has 34 heavy (non-hydrogen) atoms. The van der Waals surface area contributed by atoms with Crippen LogP contribution in [0.2, 0.25) is 0 Å². The summed E-state index contributed by atoms with van der Waals surface area (Å²) in [6, 6.07) is 9.07. The van der Waals surface area contributed by atoms with Crippen molar-refractivity contribution >= 4 is 11.9 Å². The van der Waals surface area contributed by atoms with Crippen LogP contribution in [0.25, 0.3) is 0 Å². The molecule has 1 unspecified atom stereocenters. The van der Waals surface area contributed by atoms with Crippen molar-refractivity contribution in [3.05, 3.63) is 41.0 Å². The van der Waals surface area contributed by atoms with Crippen LogP contribution >= 0.6 is 0 Å². The smallest absolute Gasteiger partial charge is 0.414 e. The molecule has 1 aliphatic rings. The van der Waals surface area contributed by atoms with Gasteiger partial charge in [0, 0.05) is 19.1 Å². The zero-order valence-electron chi connectivity index (χ0n) is 21.8. The van der Waals surface area contributed by atoms with Gasteiger partial charge in [-0.25, -0.2) is 9.59 Å². The lowest BCUT2D eigenvalue weighted by Gasteiger charge is -2.35. The number of carboxylic acids is 2. The molecule has 0 saturated heterocycles. The number of aliphatic carboxylic acids is 2. The quantitative estimate of drug-likeness (QED) is 0.236. The number of nitrogens with one attached hydrogen (secondary N) is 1. The summed E-state index contributed by atoms with van der Waals surface area (Å²) in [5.41, 5.74) is 5.07. The van der Waals surface area contributed by atoms with Gasteiger partial charge < -0.3 is 25.2 Å². The zero-order chi connectivity index (χ0) is 25.7. The van der Waals surface area contributed by atoms with Crippen LogP contribution in [0.5, 0.6) is 5.75 Å². The first-order valence-corrected chi connectivity index (χ1v) is 12.2. The molecule has 0 amide bonds. The van der Waals surface area contributed by atoms with Crippen LogP contribution in [-0.4, -0.2) is 60.3 Å². The monoisotopic (exact) mass is 476 g/mol. The molecule has 0 spiro atoms. The first kappa shape index (κ1) is 29.7. The topological polar surface area (TPSA) is 99.1 Å². The third-order valence-electron chi connectivity index (χ3n) is 6.29. The summed E-state index contributed by atoms with van der Waals surface area (Å²) < 4.78 is 5.82. The van der Waals surface area contributed by atoms with E-state index in [2.05, 4.69) is 76.3 Å². The maximum absolute atomic E-state index is 9.10.